The Balaban J connectivity index is 3.11. The fourth-order valence-electron chi connectivity index (χ4n) is 0.753. The van der Waals surface area contributed by atoms with Crippen LogP contribution in [0.4, 0.5) is 5.82 Å². The number of aromatic nitrogens is 2. The van der Waals surface area contributed by atoms with Crippen molar-refractivity contribution in [2.24, 2.45) is 5.11 Å². The van der Waals surface area contributed by atoms with Gasteiger partial charge in [0.25, 0.3) is 0 Å². The lowest BCUT2D eigenvalue weighted by Gasteiger charge is -1.96. The van der Waals surface area contributed by atoms with Crippen LogP contribution in [0.2, 0.25) is 0 Å². The zero-order chi connectivity index (χ0) is 8.10. The zero-order valence-electron chi connectivity index (χ0n) is 6.10. The van der Waals surface area contributed by atoms with Crippen LogP contribution in [-0.2, 0) is 6.42 Å². The number of aryl methyl sites for hydroxylation is 1. The first-order chi connectivity index (χ1) is 5.38. The summed E-state index contributed by atoms with van der Waals surface area (Å²) in [5.41, 5.74) is 9.04. The molecule has 1 rings (SSSR count). The molecule has 0 saturated carbocycles. The highest BCUT2D eigenvalue weighted by molar-refractivity contribution is 5.35. The van der Waals surface area contributed by atoms with Crippen molar-refractivity contribution >= 4 is 5.82 Å². The van der Waals surface area contributed by atoms with Crippen molar-refractivity contribution in [3.05, 3.63) is 28.3 Å². The van der Waals surface area contributed by atoms with Gasteiger partial charge < -0.3 is 0 Å². The quantitative estimate of drug-likeness (QED) is 0.366. The topological polar surface area (TPSA) is 74.5 Å². The molecule has 0 spiro atoms. The van der Waals surface area contributed by atoms with Crippen LogP contribution in [0.15, 0.2) is 17.4 Å². The Morgan fingerprint density at radius 1 is 1.73 bits per heavy atom. The van der Waals surface area contributed by atoms with Crippen molar-refractivity contribution in [2.75, 3.05) is 0 Å². The van der Waals surface area contributed by atoms with Gasteiger partial charge in [-0.1, -0.05) is 6.92 Å². The van der Waals surface area contributed by atoms with Crippen LogP contribution in [0.3, 0.4) is 0 Å². The van der Waals surface area contributed by atoms with Crippen molar-refractivity contribution in [3.8, 4) is 0 Å². The molecule has 0 unspecified atom stereocenters. The molecule has 1 aromatic rings. The first kappa shape index (κ1) is 7.50. The average molecular weight is 149 g/mol. The van der Waals surface area contributed by atoms with Crippen LogP contribution >= 0.6 is 0 Å². The Labute approximate surface area is 63.7 Å². The highest BCUT2D eigenvalue weighted by Crippen LogP contribution is 2.13. The van der Waals surface area contributed by atoms with Gasteiger partial charge in [-0.2, -0.15) is 5.10 Å². The Hall–Kier alpha value is -1.61. The summed E-state index contributed by atoms with van der Waals surface area (Å²) in [6.07, 6.45) is 2.37. The summed E-state index contributed by atoms with van der Waals surface area (Å²) in [6, 6.07) is 1.79. The Kier molecular flexibility index (Phi) is 2.41. The third-order valence-corrected chi connectivity index (χ3v) is 1.30. The summed E-state index contributed by atoms with van der Waals surface area (Å²) < 4.78 is 0. The van der Waals surface area contributed by atoms with Crippen LogP contribution in [0.1, 0.15) is 12.5 Å². The van der Waals surface area contributed by atoms with Gasteiger partial charge in [-0.05, 0) is 28.7 Å². The van der Waals surface area contributed by atoms with Crippen LogP contribution in [0.5, 0.6) is 0 Å². The van der Waals surface area contributed by atoms with Gasteiger partial charge in [0, 0.05) is 11.1 Å². The molecule has 0 saturated heterocycles. The molecule has 0 amide bonds. The largest absolute Gasteiger partial charge is 0.159 e. The maximum atomic E-state index is 8.13. The number of hydrogen-bond acceptors (Lipinski definition) is 3. The molecule has 0 bridgehead atoms. The van der Waals surface area contributed by atoms with Gasteiger partial charge in [-0.25, -0.2) is 0 Å². The summed E-state index contributed by atoms with van der Waals surface area (Å²) in [4.78, 5) is 2.64. The van der Waals surface area contributed by atoms with Gasteiger partial charge >= 0.3 is 0 Å². The van der Waals surface area contributed by atoms with E-state index in [4.69, 9.17) is 5.53 Å². The third-order valence-electron chi connectivity index (χ3n) is 1.30. The molecule has 5 heteroatoms. The molecule has 0 aliphatic heterocycles. The minimum Gasteiger partial charge on any atom is -0.159 e. The van der Waals surface area contributed by atoms with Crippen molar-refractivity contribution in [1.82, 2.24) is 10.2 Å². The molecule has 0 N–H and O–H groups in total. The summed E-state index contributed by atoms with van der Waals surface area (Å²) in [5, 5.41) is 10.7. The maximum Gasteiger partial charge on any atom is 0.152 e. The number of hydrogen-bond donors (Lipinski definition) is 0. The summed E-state index contributed by atoms with van der Waals surface area (Å²) in [7, 11) is 0. The minimum absolute atomic E-state index is 0.373. The second-order valence-electron chi connectivity index (χ2n) is 1.92. The lowest BCUT2D eigenvalue weighted by molar-refractivity contribution is 0.974. The number of azide groups is 1. The van der Waals surface area contributed by atoms with E-state index in [1.165, 1.54) is 0 Å². The van der Waals surface area contributed by atoms with Gasteiger partial charge in [0.15, 0.2) is 5.82 Å². The molecule has 56 valence electrons. The van der Waals surface area contributed by atoms with Gasteiger partial charge in [0.1, 0.15) is 0 Å². The van der Waals surface area contributed by atoms with Crippen molar-refractivity contribution in [1.29, 1.82) is 0 Å². The van der Waals surface area contributed by atoms with Crippen LogP contribution < -0.4 is 0 Å². The van der Waals surface area contributed by atoms with Crippen LogP contribution in [0, 0.1) is 0 Å². The summed E-state index contributed by atoms with van der Waals surface area (Å²) in [5.74, 6) is 0.373. The standard InChI is InChI=1S/C6H7N5/c1-2-5-3-4-8-9-6(5)10-11-7/h3-4H,2H2,1H3. The van der Waals surface area contributed by atoms with E-state index in [2.05, 4.69) is 20.2 Å². The lowest BCUT2D eigenvalue weighted by atomic mass is 10.2. The summed E-state index contributed by atoms with van der Waals surface area (Å²) >= 11 is 0. The highest BCUT2D eigenvalue weighted by Gasteiger charge is 1.97. The van der Waals surface area contributed by atoms with Gasteiger partial charge in [0.05, 0.1) is 0 Å². The van der Waals surface area contributed by atoms with E-state index < -0.39 is 0 Å². The van der Waals surface area contributed by atoms with Gasteiger partial charge in [0.2, 0.25) is 0 Å². The van der Waals surface area contributed by atoms with E-state index in [1.54, 1.807) is 12.3 Å². The molecule has 0 fully saturated rings. The lowest BCUT2D eigenvalue weighted by Crippen LogP contribution is -1.86. The van der Waals surface area contributed by atoms with Crippen LogP contribution in [0.25, 0.3) is 10.4 Å². The molecule has 0 radical (unpaired) electrons. The average Bonchev–Trinajstić information content (AvgIpc) is 2.06. The van der Waals surface area contributed by atoms with Gasteiger partial charge in [-0.3, -0.25) is 0 Å². The smallest absolute Gasteiger partial charge is 0.152 e. The Morgan fingerprint density at radius 3 is 3.18 bits per heavy atom. The Morgan fingerprint density at radius 2 is 2.55 bits per heavy atom. The van der Waals surface area contributed by atoms with Crippen LogP contribution in [-0.4, -0.2) is 10.2 Å². The molecule has 0 atom stereocenters. The SMILES string of the molecule is CCc1ccnnc1N=[N+]=[N-]. The zero-order valence-corrected chi connectivity index (χ0v) is 6.10. The number of rotatable bonds is 2. The predicted octanol–water partition coefficient (Wildman–Crippen LogP) is 1.98. The van der Waals surface area contributed by atoms with Crippen molar-refractivity contribution < 1.29 is 0 Å². The van der Waals surface area contributed by atoms with Gasteiger partial charge in [-0.15, -0.1) is 5.10 Å². The molecule has 1 aromatic heterocycles. The van der Waals surface area contributed by atoms with E-state index in [1.807, 2.05) is 6.92 Å². The van der Waals surface area contributed by atoms with Crippen molar-refractivity contribution in [2.45, 2.75) is 13.3 Å². The highest BCUT2D eigenvalue weighted by atomic mass is 15.2. The Bertz CT molecular complexity index is 289. The minimum atomic E-state index is 0.373. The fourth-order valence-corrected chi connectivity index (χ4v) is 0.753. The molecule has 0 aliphatic rings. The molecule has 0 aliphatic carbocycles. The van der Waals surface area contributed by atoms with E-state index in [0.29, 0.717) is 5.82 Å². The second-order valence-corrected chi connectivity index (χ2v) is 1.92. The first-order valence-electron chi connectivity index (χ1n) is 3.24. The fraction of sp³-hybridized carbons (Fsp3) is 0.333. The molecule has 11 heavy (non-hydrogen) atoms. The molecular formula is C6H7N5. The number of nitrogens with zero attached hydrogens (tertiary/aromatic N) is 5. The van der Waals surface area contributed by atoms with Crippen molar-refractivity contribution in [3.63, 3.8) is 0 Å². The van der Waals surface area contributed by atoms with E-state index in [9.17, 15) is 0 Å². The monoisotopic (exact) mass is 149 g/mol. The van der Waals surface area contributed by atoms with E-state index in [-0.39, 0.29) is 0 Å². The summed E-state index contributed by atoms with van der Waals surface area (Å²) in [6.45, 7) is 1.97. The first-order valence-corrected chi connectivity index (χ1v) is 3.24. The molecule has 1 heterocycles. The third kappa shape index (κ3) is 1.65. The second kappa shape index (κ2) is 3.53. The van der Waals surface area contributed by atoms with E-state index in [0.717, 1.165) is 12.0 Å². The molecular weight excluding hydrogens is 142 g/mol. The normalized spacial score (nSPS) is 8.82. The molecule has 5 nitrogen and oxygen atoms in total. The predicted molar refractivity (Wildman–Crippen MR) is 40.2 cm³/mol. The molecule has 0 aromatic carbocycles. The van der Waals surface area contributed by atoms with E-state index >= 15 is 0 Å². The maximum absolute atomic E-state index is 8.13.